The lowest BCUT2D eigenvalue weighted by Gasteiger charge is -2.32. The first kappa shape index (κ1) is 20.0. The van der Waals surface area contributed by atoms with Gasteiger partial charge in [0.1, 0.15) is 11.5 Å². The topological polar surface area (TPSA) is 84.9 Å². The van der Waals surface area contributed by atoms with Gasteiger partial charge >= 0.3 is 6.03 Å². The van der Waals surface area contributed by atoms with E-state index in [1.54, 1.807) is 60.5 Å². The summed E-state index contributed by atoms with van der Waals surface area (Å²) >= 11 is 0. The summed E-state index contributed by atoms with van der Waals surface area (Å²) < 4.78 is 35.9. The van der Waals surface area contributed by atoms with Gasteiger partial charge in [-0.15, -0.1) is 0 Å². The van der Waals surface area contributed by atoms with Crippen LogP contribution in [0.5, 0.6) is 11.5 Å². The zero-order chi connectivity index (χ0) is 20.1. The van der Waals surface area contributed by atoms with Gasteiger partial charge in [-0.1, -0.05) is 18.2 Å². The SMILES string of the molecule is COc1ccc(NC(=O)N2CCC(S(=O)(=O)c3ccccc3)CC2)c(OC)c1. The number of carbonyl (C=O) groups is 1. The smallest absolute Gasteiger partial charge is 0.321 e. The lowest BCUT2D eigenvalue weighted by molar-refractivity contribution is 0.200. The molecule has 0 aromatic heterocycles. The van der Waals surface area contributed by atoms with Crippen LogP contribution in [0, 0.1) is 0 Å². The van der Waals surface area contributed by atoms with E-state index in [0.717, 1.165) is 0 Å². The van der Waals surface area contributed by atoms with Crippen LogP contribution in [0.4, 0.5) is 10.5 Å². The number of hydrogen-bond acceptors (Lipinski definition) is 5. The third-order valence-electron chi connectivity index (χ3n) is 4.89. The number of rotatable bonds is 5. The lowest BCUT2D eigenvalue weighted by Crippen LogP contribution is -2.44. The van der Waals surface area contributed by atoms with Gasteiger partial charge in [-0.05, 0) is 37.1 Å². The van der Waals surface area contributed by atoms with E-state index in [9.17, 15) is 13.2 Å². The lowest BCUT2D eigenvalue weighted by atomic mass is 10.1. The summed E-state index contributed by atoms with van der Waals surface area (Å²) in [6, 6.07) is 13.3. The minimum Gasteiger partial charge on any atom is -0.497 e. The monoisotopic (exact) mass is 404 g/mol. The van der Waals surface area contributed by atoms with E-state index < -0.39 is 15.1 Å². The predicted octanol–water partition coefficient (Wildman–Crippen LogP) is 3.17. The minimum absolute atomic E-state index is 0.279. The van der Waals surface area contributed by atoms with Gasteiger partial charge in [-0.3, -0.25) is 0 Å². The van der Waals surface area contributed by atoms with E-state index in [1.807, 2.05) is 0 Å². The van der Waals surface area contributed by atoms with Crippen molar-refractivity contribution in [2.45, 2.75) is 23.0 Å². The molecule has 1 aliphatic rings. The van der Waals surface area contributed by atoms with Gasteiger partial charge in [-0.25, -0.2) is 13.2 Å². The molecule has 0 aliphatic carbocycles. The third kappa shape index (κ3) is 4.22. The summed E-state index contributed by atoms with van der Waals surface area (Å²) in [4.78, 5) is 14.6. The van der Waals surface area contributed by atoms with Crippen LogP contribution in [0.1, 0.15) is 12.8 Å². The fraction of sp³-hybridized carbons (Fsp3) is 0.350. The second-order valence-corrected chi connectivity index (χ2v) is 8.77. The van der Waals surface area contributed by atoms with Crippen LogP contribution in [-0.2, 0) is 9.84 Å². The molecule has 0 spiro atoms. The zero-order valence-corrected chi connectivity index (χ0v) is 16.7. The van der Waals surface area contributed by atoms with Crippen LogP contribution in [0.25, 0.3) is 0 Å². The average molecular weight is 404 g/mol. The number of nitrogens with zero attached hydrogens (tertiary/aromatic N) is 1. The Morgan fingerprint density at radius 1 is 1.04 bits per heavy atom. The molecule has 8 heteroatoms. The summed E-state index contributed by atoms with van der Waals surface area (Å²) in [6.45, 7) is 0.752. The Kier molecular flexibility index (Phi) is 6.08. The zero-order valence-electron chi connectivity index (χ0n) is 15.9. The second-order valence-electron chi connectivity index (χ2n) is 6.54. The van der Waals surface area contributed by atoms with Crippen molar-refractivity contribution in [3.05, 3.63) is 48.5 Å². The molecule has 0 radical (unpaired) electrons. The number of sulfone groups is 1. The maximum atomic E-state index is 12.8. The molecule has 2 amide bonds. The van der Waals surface area contributed by atoms with Crippen molar-refractivity contribution in [3.63, 3.8) is 0 Å². The first-order chi connectivity index (χ1) is 13.5. The summed E-state index contributed by atoms with van der Waals surface area (Å²) in [5.41, 5.74) is 0.535. The Bertz CT molecular complexity index is 923. The molecule has 2 aromatic carbocycles. The third-order valence-corrected chi connectivity index (χ3v) is 7.17. The van der Waals surface area contributed by atoms with Crippen LogP contribution in [0.3, 0.4) is 0 Å². The Morgan fingerprint density at radius 2 is 1.71 bits per heavy atom. The van der Waals surface area contributed by atoms with Crippen LogP contribution in [-0.4, -0.2) is 51.9 Å². The molecule has 7 nitrogen and oxygen atoms in total. The molecule has 1 N–H and O–H groups in total. The quantitative estimate of drug-likeness (QED) is 0.827. The van der Waals surface area contributed by atoms with Crippen molar-refractivity contribution < 1.29 is 22.7 Å². The number of hydrogen-bond donors (Lipinski definition) is 1. The van der Waals surface area contributed by atoms with E-state index in [0.29, 0.717) is 48.0 Å². The number of anilines is 1. The predicted molar refractivity (Wildman–Crippen MR) is 107 cm³/mol. The molecular weight excluding hydrogens is 380 g/mol. The first-order valence-corrected chi connectivity index (χ1v) is 10.6. The highest BCUT2D eigenvalue weighted by molar-refractivity contribution is 7.92. The van der Waals surface area contributed by atoms with Gasteiger partial charge in [0.25, 0.3) is 0 Å². The molecule has 28 heavy (non-hydrogen) atoms. The van der Waals surface area contributed by atoms with Gasteiger partial charge in [0, 0.05) is 19.2 Å². The van der Waals surface area contributed by atoms with Crippen molar-refractivity contribution in [2.24, 2.45) is 0 Å². The van der Waals surface area contributed by atoms with Gasteiger partial charge in [0.15, 0.2) is 9.84 Å². The molecule has 1 fully saturated rings. The Labute approximate surface area is 165 Å². The molecule has 2 aromatic rings. The van der Waals surface area contributed by atoms with E-state index >= 15 is 0 Å². The molecular formula is C20H24N2O5S. The number of urea groups is 1. The van der Waals surface area contributed by atoms with E-state index in [-0.39, 0.29) is 6.03 Å². The Balaban J connectivity index is 1.63. The number of ether oxygens (including phenoxy) is 2. The number of carbonyl (C=O) groups excluding carboxylic acids is 1. The first-order valence-electron chi connectivity index (χ1n) is 9.02. The van der Waals surface area contributed by atoms with Crippen LogP contribution < -0.4 is 14.8 Å². The van der Waals surface area contributed by atoms with Crippen molar-refractivity contribution in [3.8, 4) is 11.5 Å². The molecule has 150 valence electrons. The minimum atomic E-state index is -3.38. The van der Waals surface area contributed by atoms with E-state index in [4.69, 9.17) is 9.47 Å². The van der Waals surface area contributed by atoms with Gasteiger partial charge in [-0.2, -0.15) is 0 Å². The molecule has 1 aliphatic heterocycles. The summed E-state index contributed by atoms with van der Waals surface area (Å²) in [7, 11) is -0.306. The number of methoxy groups -OCH3 is 2. The molecule has 3 rings (SSSR count). The number of nitrogens with one attached hydrogen (secondary N) is 1. The molecule has 0 atom stereocenters. The Morgan fingerprint density at radius 3 is 2.32 bits per heavy atom. The Hall–Kier alpha value is -2.74. The van der Waals surface area contributed by atoms with Crippen molar-refractivity contribution in [2.75, 3.05) is 32.6 Å². The maximum absolute atomic E-state index is 12.8. The summed E-state index contributed by atoms with van der Waals surface area (Å²) in [5, 5.41) is 2.35. The van der Waals surface area contributed by atoms with E-state index in [1.165, 1.54) is 7.11 Å². The normalized spacial score (nSPS) is 15.1. The highest BCUT2D eigenvalue weighted by Gasteiger charge is 2.32. The van der Waals surface area contributed by atoms with Crippen molar-refractivity contribution in [1.82, 2.24) is 4.90 Å². The average Bonchev–Trinajstić information content (AvgIpc) is 2.74. The van der Waals surface area contributed by atoms with Crippen LogP contribution in [0.15, 0.2) is 53.4 Å². The van der Waals surface area contributed by atoms with Crippen molar-refractivity contribution in [1.29, 1.82) is 0 Å². The molecule has 0 unspecified atom stereocenters. The standard InChI is InChI=1S/C20H24N2O5S/c1-26-15-8-9-18(19(14-15)27-2)21-20(23)22-12-10-17(11-13-22)28(24,25)16-6-4-3-5-7-16/h3-9,14,17H,10-13H2,1-2H3,(H,21,23). The molecule has 1 saturated heterocycles. The fourth-order valence-corrected chi connectivity index (χ4v) is 5.02. The van der Waals surface area contributed by atoms with Gasteiger partial charge in [0.2, 0.25) is 0 Å². The summed E-state index contributed by atoms with van der Waals surface area (Å²) in [5.74, 6) is 1.12. The molecule has 1 heterocycles. The number of benzene rings is 2. The molecule has 0 bridgehead atoms. The van der Waals surface area contributed by atoms with Crippen LogP contribution >= 0.6 is 0 Å². The van der Waals surface area contributed by atoms with Gasteiger partial charge in [0.05, 0.1) is 30.1 Å². The summed E-state index contributed by atoms with van der Waals surface area (Å²) in [6.07, 6.45) is 0.814. The fourth-order valence-electron chi connectivity index (χ4n) is 3.27. The largest absolute Gasteiger partial charge is 0.497 e. The van der Waals surface area contributed by atoms with Crippen LogP contribution in [0.2, 0.25) is 0 Å². The number of likely N-dealkylation sites (tertiary alicyclic amines) is 1. The molecule has 0 saturated carbocycles. The number of amides is 2. The highest BCUT2D eigenvalue weighted by Crippen LogP contribution is 2.30. The van der Waals surface area contributed by atoms with Crippen molar-refractivity contribution >= 4 is 21.6 Å². The second kappa shape index (κ2) is 8.52. The maximum Gasteiger partial charge on any atom is 0.321 e. The van der Waals surface area contributed by atoms with Gasteiger partial charge < -0.3 is 19.7 Å². The van der Waals surface area contributed by atoms with E-state index in [2.05, 4.69) is 5.32 Å². The number of piperidine rings is 1. The highest BCUT2D eigenvalue weighted by atomic mass is 32.2.